The lowest BCUT2D eigenvalue weighted by Crippen LogP contribution is -2.50. The number of nitrogens with zero attached hydrogens (tertiary/aromatic N) is 4. The summed E-state index contributed by atoms with van der Waals surface area (Å²) in [6.45, 7) is 7.12. The number of benzene rings is 3. The van der Waals surface area contributed by atoms with Crippen LogP contribution in [0.2, 0.25) is 0 Å². The summed E-state index contributed by atoms with van der Waals surface area (Å²) in [6, 6.07) is 18.6. The SMILES string of the molecule is CCOC(=O)c1cccc(N(C(=O)Cn2nnc3ccccc32)[C@H](C(=O)NC(C)(C)C)c2ccc(C(=O)OC)cc2)c1. The highest BCUT2D eigenvalue weighted by Crippen LogP contribution is 2.31. The highest BCUT2D eigenvalue weighted by Gasteiger charge is 2.35. The molecule has 11 heteroatoms. The van der Waals surface area contributed by atoms with Crippen molar-refractivity contribution in [3.63, 3.8) is 0 Å². The molecule has 0 saturated carbocycles. The third-order valence-corrected chi connectivity index (χ3v) is 6.26. The van der Waals surface area contributed by atoms with Crippen LogP contribution in [0.1, 0.15) is 60.0 Å². The molecule has 0 bridgehead atoms. The predicted octanol–water partition coefficient (Wildman–Crippen LogP) is 4.08. The van der Waals surface area contributed by atoms with Crippen LogP contribution >= 0.6 is 0 Å². The lowest BCUT2D eigenvalue weighted by Gasteiger charge is -2.34. The second kappa shape index (κ2) is 12.6. The number of nitrogens with one attached hydrogen (secondary N) is 1. The molecule has 42 heavy (non-hydrogen) atoms. The fraction of sp³-hybridized carbons (Fsp3) is 0.290. The molecule has 0 aliphatic heterocycles. The zero-order valence-corrected chi connectivity index (χ0v) is 24.2. The molecule has 218 valence electrons. The van der Waals surface area contributed by atoms with E-state index in [2.05, 4.69) is 15.6 Å². The van der Waals surface area contributed by atoms with Gasteiger partial charge in [-0.1, -0.05) is 35.5 Å². The number of hydrogen-bond acceptors (Lipinski definition) is 8. The predicted molar refractivity (Wildman–Crippen MR) is 156 cm³/mol. The van der Waals surface area contributed by atoms with Gasteiger partial charge in [-0.2, -0.15) is 0 Å². The Morgan fingerprint density at radius 1 is 0.929 bits per heavy atom. The van der Waals surface area contributed by atoms with Crippen LogP contribution in [-0.2, 0) is 25.6 Å². The second-order valence-corrected chi connectivity index (χ2v) is 10.5. The van der Waals surface area contributed by atoms with Crippen LogP contribution < -0.4 is 10.2 Å². The molecular weight excluding hydrogens is 538 g/mol. The van der Waals surface area contributed by atoms with Crippen molar-refractivity contribution in [2.75, 3.05) is 18.6 Å². The largest absolute Gasteiger partial charge is 0.465 e. The molecule has 0 radical (unpaired) electrons. The molecule has 1 N–H and O–H groups in total. The van der Waals surface area contributed by atoms with Gasteiger partial charge in [-0.15, -0.1) is 5.10 Å². The first kappa shape index (κ1) is 29.9. The molecule has 0 aliphatic carbocycles. The Morgan fingerprint density at radius 3 is 2.31 bits per heavy atom. The number of rotatable bonds is 9. The van der Waals surface area contributed by atoms with Crippen molar-refractivity contribution in [3.8, 4) is 0 Å². The normalized spacial score (nSPS) is 11.9. The molecule has 0 aliphatic rings. The summed E-state index contributed by atoms with van der Waals surface area (Å²) in [4.78, 5) is 54.2. The van der Waals surface area contributed by atoms with Gasteiger partial charge in [0.05, 0.1) is 30.4 Å². The van der Waals surface area contributed by atoms with E-state index >= 15 is 0 Å². The van der Waals surface area contributed by atoms with Gasteiger partial charge in [-0.05, 0) is 75.7 Å². The van der Waals surface area contributed by atoms with Crippen LogP contribution in [0.3, 0.4) is 0 Å². The zero-order valence-electron chi connectivity index (χ0n) is 24.2. The van der Waals surface area contributed by atoms with Crippen LogP contribution in [0.15, 0.2) is 72.8 Å². The molecular formula is C31H33N5O6. The van der Waals surface area contributed by atoms with E-state index in [1.54, 1.807) is 49.4 Å². The minimum Gasteiger partial charge on any atom is -0.465 e. The van der Waals surface area contributed by atoms with Gasteiger partial charge in [0.15, 0.2) is 0 Å². The number of amides is 2. The van der Waals surface area contributed by atoms with Gasteiger partial charge < -0.3 is 14.8 Å². The number of hydrogen-bond donors (Lipinski definition) is 1. The Labute approximate surface area is 243 Å². The Balaban J connectivity index is 1.87. The average Bonchev–Trinajstić information content (AvgIpc) is 3.37. The molecule has 1 heterocycles. The molecule has 0 unspecified atom stereocenters. The fourth-order valence-corrected chi connectivity index (χ4v) is 4.45. The standard InChI is InChI=1S/C31H33N5O6/c1-6-42-30(40)22-10-9-11-23(18-22)36(26(37)19-35-25-13-8-7-12-24(25)33-34-35)27(28(38)32-31(2,3)4)20-14-16-21(17-15-20)29(39)41-5/h7-18,27H,6,19H2,1-5H3,(H,32,38)/t27-/m0/s1. The molecule has 0 saturated heterocycles. The van der Waals surface area contributed by atoms with Crippen LogP contribution in [0.25, 0.3) is 11.0 Å². The molecule has 3 aromatic carbocycles. The first-order chi connectivity index (χ1) is 20.0. The Morgan fingerprint density at radius 2 is 1.64 bits per heavy atom. The summed E-state index contributed by atoms with van der Waals surface area (Å²) in [5.41, 5.74) is 1.85. The maximum atomic E-state index is 14.2. The van der Waals surface area contributed by atoms with E-state index in [-0.39, 0.29) is 24.3 Å². The van der Waals surface area contributed by atoms with Crippen molar-refractivity contribution in [1.82, 2.24) is 20.3 Å². The quantitative estimate of drug-likeness (QED) is 0.297. The first-order valence-corrected chi connectivity index (χ1v) is 13.4. The van der Waals surface area contributed by atoms with Crippen molar-refractivity contribution in [1.29, 1.82) is 0 Å². The van der Waals surface area contributed by atoms with Crippen LogP contribution in [-0.4, -0.2) is 58.0 Å². The summed E-state index contributed by atoms with van der Waals surface area (Å²) in [5, 5.41) is 11.3. The average molecular weight is 572 g/mol. The van der Waals surface area contributed by atoms with Crippen molar-refractivity contribution in [2.24, 2.45) is 0 Å². The molecule has 4 aromatic rings. The number of esters is 2. The molecule has 0 fully saturated rings. The zero-order chi connectivity index (χ0) is 30.4. The lowest BCUT2D eigenvalue weighted by atomic mass is 9.99. The van der Waals surface area contributed by atoms with Crippen LogP contribution in [0.5, 0.6) is 0 Å². The number of carbonyl (C=O) groups is 4. The van der Waals surface area contributed by atoms with Gasteiger partial charge in [0.2, 0.25) is 11.8 Å². The summed E-state index contributed by atoms with van der Waals surface area (Å²) in [7, 11) is 1.28. The molecule has 2 amide bonds. The van der Waals surface area contributed by atoms with Gasteiger partial charge >= 0.3 is 11.9 Å². The smallest absolute Gasteiger partial charge is 0.338 e. The van der Waals surface area contributed by atoms with E-state index in [1.165, 1.54) is 34.9 Å². The van der Waals surface area contributed by atoms with E-state index in [0.717, 1.165) is 0 Å². The van der Waals surface area contributed by atoms with Crippen LogP contribution in [0, 0.1) is 0 Å². The Hall–Kier alpha value is -5.06. The van der Waals surface area contributed by atoms with E-state index in [1.807, 2.05) is 32.9 Å². The van der Waals surface area contributed by atoms with Gasteiger partial charge in [-0.3, -0.25) is 14.5 Å². The highest BCUT2D eigenvalue weighted by atomic mass is 16.5. The van der Waals surface area contributed by atoms with E-state index in [4.69, 9.17) is 9.47 Å². The topological polar surface area (TPSA) is 133 Å². The number of para-hydroxylation sites is 1. The van der Waals surface area contributed by atoms with E-state index < -0.39 is 35.3 Å². The number of anilines is 1. The highest BCUT2D eigenvalue weighted by molar-refractivity contribution is 6.03. The fourth-order valence-electron chi connectivity index (χ4n) is 4.45. The number of fused-ring (bicyclic) bond motifs is 1. The van der Waals surface area contributed by atoms with Crippen molar-refractivity contribution >= 4 is 40.5 Å². The van der Waals surface area contributed by atoms with Gasteiger partial charge in [0, 0.05) is 11.2 Å². The summed E-state index contributed by atoms with van der Waals surface area (Å²) < 4.78 is 11.4. The third kappa shape index (κ3) is 6.80. The molecule has 4 rings (SSSR count). The van der Waals surface area contributed by atoms with Crippen molar-refractivity contribution < 1.29 is 28.7 Å². The van der Waals surface area contributed by atoms with Crippen molar-refractivity contribution in [3.05, 3.63) is 89.5 Å². The first-order valence-electron chi connectivity index (χ1n) is 13.4. The van der Waals surface area contributed by atoms with Gasteiger partial charge in [-0.25, -0.2) is 14.3 Å². The maximum absolute atomic E-state index is 14.2. The minimum atomic E-state index is -1.18. The molecule has 0 spiro atoms. The van der Waals surface area contributed by atoms with E-state index in [0.29, 0.717) is 22.3 Å². The number of ether oxygens (including phenoxy) is 2. The third-order valence-electron chi connectivity index (χ3n) is 6.26. The number of aromatic nitrogens is 3. The molecule has 1 atom stereocenters. The monoisotopic (exact) mass is 571 g/mol. The van der Waals surface area contributed by atoms with E-state index in [9.17, 15) is 19.2 Å². The minimum absolute atomic E-state index is 0.175. The Kier molecular flexibility index (Phi) is 8.99. The Bertz CT molecular complexity index is 1610. The lowest BCUT2D eigenvalue weighted by molar-refractivity contribution is -0.128. The second-order valence-electron chi connectivity index (χ2n) is 10.5. The van der Waals surface area contributed by atoms with Crippen LogP contribution in [0.4, 0.5) is 5.69 Å². The molecule has 1 aromatic heterocycles. The molecule has 11 nitrogen and oxygen atoms in total. The number of carbonyl (C=O) groups excluding carboxylic acids is 4. The van der Waals surface area contributed by atoms with Gasteiger partial charge in [0.1, 0.15) is 18.1 Å². The maximum Gasteiger partial charge on any atom is 0.338 e. The number of methoxy groups -OCH3 is 1. The summed E-state index contributed by atoms with van der Waals surface area (Å²) in [6.07, 6.45) is 0. The van der Waals surface area contributed by atoms with Gasteiger partial charge in [0.25, 0.3) is 0 Å². The summed E-state index contributed by atoms with van der Waals surface area (Å²) >= 11 is 0. The van der Waals surface area contributed by atoms with Crippen molar-refractivity contribution in [2.45, 2.75) is 45.8 Å². The summed E-state index contributed by atoms with van der Waals surface area (Å²) in [5.74, 6) is -2.05.